The topological polar surface area (TPSA) is 133 Å². The van der Waals surface area contributed by atoms with Gasteiger partial charge in [0.15, 0.2) is 6.10 Å². The van der Waals surface area contributed by atoms with E-state index in [1.54, 1.807) is 0 Å². The molecule has 15 heavy (non-hydrogen) atoms. The van der Waals surface area contributed by atoms with Gasteiger partial charge in [-0.3, -0.25) is 10.1 Å². The van der Waals surface area contributed by atoms with Crippen LogP contribution >= 0.6 is 0 Å². The van der Waals surface area contributed by atoms with Gasteiger partial charge in [0.25, 0.3) is 0 Å². The van der Waals surface area contributed by atoms with E-state index in [9.17, 15) is 25.4 Å². The lowest BCUT2D eigenvalue weighted by molar-refractivity contribution is -0.492. The van der Waals surface area contributed by atoms with Crippen LogP contribution in [0.25, 0.3) is 0 Å². The van der Waals surface area contributed by atoms with Crippen LogP contribution in [0.2, 0.25) is 0 Å². The molecule has 1 heterocycles. The monoisotopic (exact) mass is 223 g/mol. The first kappa shape index (κ1) is 12.3. The Bertz CT molecular complexity index is 235. The van der Waals surface area contributed by atoms with Crippen LogP contribution < -0.4 is 0 Å². The molecule has 0 saturated carbocycles. The summed E-state index contributed by atoms with van der Waals surface area (Å²) in [5.41, 5.74) is 0. The Labute approximate surface area is 84.9 Å². The van der Waals surface area contributed by atoms with Gasteiger partial charge < -0.3 is 25.2 Å². The molecular formula is C7H13NO7. The normalized spacial score (nSPS) is 37.9. The molecule has 0 amide bonds. The number of rotatable bonds is 4. The van der Waals surface area contributed by atoms with Crippen molar-refractivity contribution in [1.82, 2.24) is 0 Å². The summed E-state index contributed by atoms with van der Waals surface area (Å²) in [5, 5.41) is 46.7. The summed E-state index contributed by atoms with van der Waals surface area (Å²) in [7, 11) is 0. The van der Waals surface area contributed by atoms with Crippen LogP contribution in [-0.2, 0) is 4.74 Å². The van der Waals surface area contributed by atoms with E-state index in [2.05, 4.69) is 0 Å². The Hall–Kier alpha value is -0.800. The fourth-order valence-electron chi connectivity index (χ4n) is 1.50. The second kappa shape index (κ2) is 4.81. The maximum absolute atomic E-state index is 10.2. The molecule has 1 aliphatic rings. The van der Waals surface area contributed by atoms with E-state index in [4.69, 9.17) is 9.84 Å². The van der Waals surface area contributed by atoms with Gasteiger partial charge in [-0.15, -0.1) is 0 Å². The molecule has 0 bridgehead atoms. The molecule has 8 heteroatoms. The Morgan fingerprint density at radius 3 is 2.47 bits per heavy atom. The minimum absolute atomic E-state index is 0.653. The Morgan fingerprint density at radius 1 is 1.40 bits per heavy atom. The van der Waals surface area contributed by atoms with E-state index < -0.39 is 48.6 Å². The summed E-state index contributed by atoms with van der Waals surface area (Å²) in [6.07, 6.45) is -6.60. The number of hydrogen-bond donors (Lipinski definition) is 4. The lowest BCUT2D eigenvalue weighted by Crippen LogP contribution is -2.40. The summed E-state index contributed by atoms with van der Waals surface area (Å²) in [5.74, 6) is 0. The van der Waals surface area contributed by atoms with Crippen molar-refractivity contribution in [1.29, 1.82) is 0 Å². The van der Waals surface area contributed by atoms with Crippen molar-refractivity contribution in [3.05, 3.63) is 10.1 Å². The standard InChI is InChI=1S/C7H13NO7/c9-2-3(10)7-6(12)5(11)4(15-7)1-8(13)14/h3-7,9-12H,1-2H2/t3-,4-,5-,6-,7-/m1/s1. The van der Waals surface area contributed by atoms with E-state index >= 15 is 0 Å². The zero-order valence-corrected chi connectivity index (χ0v) is 7.76. The van der Waals surface area contributed by atoms with Crippen molar-refractivity contribution in [2.24, 2.45) is 0 Å². The lowest BCUT2D eigenvalue weighted by Gasteiger charge is -2.18. The molecule has 4 N–H and O–H groups in total. The summed E-state index contributed by atoms with van der Waals surface area (Å²) >= 11 is 0. The zero-order valence-electron chi connectivity index (χ0n) is 7.76. The quantitative estimate of drug-likeness (QED) is 0.297. The van der Waals surface area contributed by atoms with Gasteiger partial charge >= 0.3 is 0 Å². The van der Waals surface area contributed by atoms with Crippen molar-refractivity contribution in [3.63, 3.8) is 0 Å². The summed E-state index contributed by atoms with van der Waals surface area (Å²) in [6, 6.07) is 0. The summed E-state index contributed by atoms with van der Waals surface area (Å²) in [6.45, 7) is -1.31. The molecule has 5 atom stereocenters. The van der Waals surface area contributed by atoms with Gasteiger partial charge in [-0.1, -0.05) is 0 Å². The first-order valence-electron chi connectivity index (χ1n) is 4.39. The number of aliphatic hydroxyl groups excluding tert-OH is 4. The van der Waals surface area contributed by atoms with Crippen LogP contribution in [0.15, 0.2) is 0 Å². The molecular weight excluding hydrogens is 210 g/mol. The average Bonchev–Trinajstić information content (AvgIpc) is 2.44. The highest BCUT2D eigenvalue weighted by atomic mass is 16.6. The molecule has 0 spiro atoms. The number of nitrogens with zero attached hydrogens (tertiary/aromatic N) is 1. The van der Waals surface area contributed by atoms with Crippen LogP contribution in [0.3, 0.4) is 0 Å². The molecule has 1 aliphatic heterocycles. The molecule has 1 rings (SSSR count). The maximum Gasteiger partial charge on any atom is 0.232 e. The predicted octanol–water partition coefficient (Wildman–Crippen LogP) is -2.89. The zero-order chi connectivity index (χ0) is 11.6. The van der Waals surface area contributed by atoms with Crippen LogP contribution in [0.1, 0.15) is 0 Å². The van der Waals surface area contributed by atoms with E-state index in [0.29, 0.717) is 0 Å². The van der Waals surface area contributed by atoms with E-state index in [1.807, 2.05) is 0 Å². The summed E-state index contributed by atoms with van der Waals surface area (Å²) < 4.78 is 4.90. The molecule has 8 nitrogen and oxygen atoms in total. The van der Waals surface area contributed by atoms with Gasteiger partial charge in [-0.25, -0.2) is 0 Å². The second-order valence-electron chi connectivity index (χ2n) is 3.39. The first-order valence-corrected chi connectivity index (χ1v) is 4.39. The fourth-order valence-corrected chi connectivity index (χ4v) is 1.50. The van der Waals surface area contributed by atoms with Crippen molar-refractivity contribution in [3.8, 4) is 0 Å². The third kappa shape index (κ3) is 2.61. The Balaban J connectivity index is 2.62. The molecule has 0 aromatic rings. The van der Waals surface area contributed by atoms with Crippen molar-refractivity contribution in [2.75, 3.05) is 13.2 Å². The SMILES string of the molecule is O=[N+]([O-])C[C@H]1O[C@H]([C@H](O)CO)[C@H](O)[C@@H]1O. The smallest absolute Gasteiger partial charge is 0.232 e. The van der Waals surface area contributed by atoms with E-state index in [1.165, 1.54) is 0 Å². The van der Waals surface area contributed by atoms with Gasteiger partial charge in [0.2, 0.25) is 6.54 Å². The number of ether oxygens (including phenoxy) is 1. The first-order chi connectivity index (χ1) is 6.97. The highest BCUT2D eigenvalue weighted by Crippen LogP contribution is 2.23. The van der Waals surface area contributed by atoms with Crippen LogP contribution in [0, 0.1) is 10.1 Å². The molecule has 0 aromatic carbocycles. The van der Waals surface area contributed by atoms with Gasteiger partial charge in [-0.2, -0.15) is 0 Å². The number of nitro groups is 1. The van der Waals surface area contributed by atoms with Crippen LogP contribution in [0.5, 0.6) is 0 Å². The Morgan fingerprint density at radius 2 is 2.00 bits per heavy atom. The molecule has 0 aromatic heterocycles. The van der Waals surface area contributed by atoms with Crippen LogP contribution in [0.4, 0.5) is 0 Å². The van der Waals surface area contributed by atoms with E-state index in [0.717, 1.165) is 0 Å². The molecule has 1 fully saturated rings. The lowest BCUT2D eigenvalue weighted by atomic mass is 10.0. The highest BCUT2D eigenvalue weighted by molar-refractivity contribution is 4.93. The molecule has 0 unspecified atom stereocenters. The van der Waals surface area contributed by atoms with Gasteiger partial charge in [-0.05, 0) is 0 Å². The maximum atomic E-state index is 10.2. The largest absolute Gasteiger partial charge is 0.394 e. The second-order valence-corrected chi connectivity index (χ2v) is 3.39. The van der Waals surface area contributed by atoms with Crippen molar-refractivity contribution in [2.45, 2.75) is 30.5 Å². The van der Waals surface area contributed by atoms with Gasteiger partial charge in [0.1, 0.15) is 24.4 Å². The van der Waals surface area contributed by atoms with Gasteiger partial charge in [0.05, 0.1) is 6.61 Å². The fraction of sp³-hybridized carbons (Fsp3) is 1.00. The van der Waals surface area contributed by atoms with Gasteiger partial charge in [0, 0.05) is 4.92 Å². The molecule has 0 radical (unpaired) electrons. The third-order valence-electron chi connectivity index (χ3n) is 2.29. The summed E-state index contributed by atoms with van der Waals surface area (Å²) in [4.78, 5) is 9.49. The van der Waals surface area contributed by atoms with E-state index in [-0.39, 0.29) is 0 Å². The molecule has 88 valence electrons. The van der Waals surface area contributed by atoms with Crippen LogP contribution in [-0.4, -0.2) is 69.0 Å². The minimum atomic E-state index is -1.43. The minimum Gasteiger partial charge on any atom is -0.394 e. The third-order valence-corrected chi connectivity index (χ3v) is 2.29. The number of hydrogen-bond acceptors (Lipinski definition) is 7. The average molecular weight is 223 g/mol. The molecule has 0 aliphatic carbocycles. The number of aliphatic hydroxyl groups is 4. The van der Waals surface area contributed by atoms with Crippen molar-refractivity contribution < 1.29 is 30.1 Å². The molecule has 1 saturated heterocycles. The highest BCUT2D eigenvalue weighted by Gasteiger charge is 2.47. The van der Waals surface area contributed by atoms with Crippen molar-refractivity contribution >= 4 is 0 Å². The predicted molar refractivity (Wildman–Crippen MR) is 45.6 cm³/mol. The Kier molecular flexibility index (Phi) is 3.94.